The molecule has 0 aromatic carbocycles. The van der Waals surface area contributed by atoms with Crippen LogP contribution in [0, 0.1) is 11.8 Å². The molecule has 0 unspecified atom stereocenters. The highest BCUT2D eigenvalue weighted by Gasteiger charge is 2.41. The third-order valence-electron chi connectivity index (χ3n) is 4.35. The first-order chi connectivity index (χ1) is 9.83. The van der Waals surface area contributed by atoms with E-state index in [1.165, 1.54) is 31.2 Å². The highest BCUT2D eigenvalue weighted by Crippen LogP contribution is 2.46. The molecule has 0 amide bonds. The molecule has 4 nitrogen and oxygen atoms in total. The minimum atomic E-state index is 0.648. The minimum Gasteiger partial charge on any atom is -0.370 e. The van der Waals surface area contributed by atoms with E-state index in [9.17, 15) is 0 Å². The second-order valence-corrected chi connectivity index (χ2v) is 6.17. The van der Waals surface area contributed by atoms with Gasteiger partial charge in [0.2, 0.25) is 0 Å². The molecule has 4 heteroatoms. The summed E-state index contributed by atoms with van der Waals surface area (Å²) in [6.07, 6.45) is 9.41. The van der Waals surface area contributed by atoms with Gasteiger partial charge in [-0.3, -0.25) is 0 Å². The third-order valence-corrected chi connectivity index (χ3v) is 4.35. The molecule has 0 saturated heterocycles. The van der Waals surface area contributed by atoms with Crippen LogP contribution in [0.4, 0.5) is 11.6 Å². The van der Waals surface area contributed by atoms with Crippen LogP contribution in [0.1, 0.15) is 51.5 Å². The van der Waals surface area contributed by atoms with Gasteiger partial charge in [-0.05, 0) is 50.9 Å². The molecule has 1 aromatic rings. The van der Waals surface area contributed by atoms with Crippen LogP contribution in [-0.4, -0.2) is 22.6 Å². The Labute approximate surface area is 121 Å². The second-order valence-electron chi connectivity index (χ2n) is 6.17. The van der Waals surface area contributed by atoms with Crippen molar-refractivity contribution in [2.45, 2.75) is 58.4 Å². The minimum absolute atomic E-state index is 0.648. The largest absolute Gasteiger partial charge is 0.370 e. The topological polar surface area (TPSA) is 49.8 Å². The molecule has 0 spiro atoms. The fourth-order valence-corrected chi connectivity index (χ4v) is 3.03. The van der Waals surface area contributed by atoms with Crippen molar-refractivity contribution in [1.29, 1.82) is 0 Å². The average molecular weight is 274 g/mol. The standard InChI is InChI=1S/C16H26N4/c1-3-5-13-15(17-4-2)18-10-19-16(13)20-14(11-6-7-11)12-8-9-12/h10-12,14H,3-9H2,1-2H3,(H2,17,18,19,20). The normalized spacial score (nSPS) is 18.4. The summed E-state index contributed by atoms with van der Waals surface area (Å²) in [6.45, 7) is 5.23. The fraction of sp³-hybridized carbons (Fsp3) is 0.750. The number of hydrogen-bond donors (Lipinski definition) is 2. The number of aromatic nitrogens is 2. The highest BCUT2D eigenvalue weighted by atomic mass is 15.1. The summed E-state index contributed by atoms with van der Waals surface area (Å²) in [4.78, 5) is 8.95. The molecule has 0 radical (unpaired) electrons. The molecule has 2 aliphatic rings. The Morgan fingerprint density at radius 3 is 2.30 bits per heavy atom. The lowest BCUT2D eigenvalue weighted by Gasteiger charge is -2.21. The molecule has 2 aliphatic carbocycles. The van der Waals surface area contributed by atoms with Gasteiger partial charge in [0.15, 0.2) is 0 Å². The summed E-state index contributed by atoms with van der Waals surface area (Å²) < 4.78 is 0. The Balaban J connectivity index is 1.81. The molecule has 2 N–H and O–H groups in total. The van der Waals surface area contributed by atoms with Crippen molar-refractivity contribution in [1.82, 2.24) is 9.97 Å². The smallest absolute Gasteiger partial charge is 0.134 e. The van der Waals surface area contributed by atoms with Gasteiger partial charge in [0.05, 0.1) is 0 Å². The lowest BCUT2D eigenvalue weighted by molar-refractivity contribution is 0.564. The molecular formula is C16H26N4. The molecule has 0 atom stereocenters. The van der Waals surface area contributed by atoms with E-state index in [2.05, 4.69) is 34.4 Å². The molecule has 0 aliphatic heterocycles. The van der Waals surface area contributed by atoms with Crippen molar-refractivity contribution < 1.29 is 0 Å². The lowest BCUT2D eigenvalue weighted by atomic mass is 10.1. The van der Waals surface area contributed by atoms with Crippen LogP contribution < -0.4 is 10.6 Å². The van der Waals surface area contributed by atoms with Gasteiger partial charge >= 0.3 is 0 Å². The molecule has 1 heterocycles. The van der Waals surface area contributed by atoms with Gasteiger partial charge in [0.1, 0.15) is 18.0 Å². The molecular weight excluding hydrogens is 248 g/mol. The average Bonchev–Trinajstić information content (AvgIpc) is 3.32. The van der Waals surface area contributed by atoms with E-state index in [1.54, 1.807) is 6.33 Å². The van der Waals surface area contributed by atoms with Crippen molar-refractivity contribution in [3.05, 3.63) is 11.9 Å². The van der Waals surface area contributed by atoms with Crippen molar-refractivity contribution in [2.75, 3.05) is 17.2 Å². The Kier molecular flexibility index (Phi) is 4.08. The Morgan fingerprint density at radius 1 is 1.10 bits per heavy atom. The van der Waals surface area contributed by atoms with Crippen LogP contribution in [0.5, 0.6) is 0 Å². The molecule has 3 rings (SSSR count). The van der Waals surface area contributed by atoms with E-state index in [-0.39, 0.29) is 0 Å². The van der Waals surface area contributed by atoms with Crippen LogP contribution >= 0.6 is 0 Å². The van der Waals surface area contributed by atoms with Crippen LogP contribution in [-0.2, 0) is 6.42 Å². The zero-order chi connectivity index (χ0) is 13.9. The predicted octanol–water partition coefficient (Wildman–Crippen LogP) is 3.46. The van der Waals surface area contributed by atoms with E-state index in [4.69, 9.17) is 0 Å². The van der Waals surface area contributed by atoms with Crippen molar-refractivity contribution in [3.8, 4) is 0 Å². The van der Waals surface area contributed by atoms with Gasteiger partial charge in [-0.2, -0.15) is 0 Å². The van der Waals surface area contributed by atoms with Gasteiger partial charge in [0, 0.05) is 18.2 Å². The van der Waals surface area contributed by atoms with E-state index in [0.717, 1.165) is 42.9 Å². The van der Waals surface area contributed by atoms with E-state index in [1.807, 2.05) is 0 Å². The van der Waals surface area contributed by atoms with Crippen molar-refractivity contribution in [2.24, 2.45) is 11.8 Å². The third kappa shape index (κ3) is 3.05. The number of nitrogens with zero attached hydrogens (tertiary/aromatic N) is 2. The SMILES string of the molecule is CCCc1c(NCC)ncnc1NC(C1CC1)C1CC1. The van der Waals surface area contributed by atoms with Gasteiger partial charge in [-0.1, -0.05) is 13.3 Å². The first-order valence-corrected chi connectivity index (χ1v) is 8.17. The Morgan fingerprint density at radius 2 is 1.75 bits per heavy atom. The van der Waals surface area contributed by atoms with Crippen LogP contribution in [0.15, 0.2) is 6.33 Å². The van der Waals surface area contributed by atoms with Crippen molar-refractivity contribution >= 4 is 11.6 Å². The van der Waals surface area contributed by atoms with Gasteiger partial charge in [-0.25, -0.2) is 9.97 Å². The van der Waals surface area contributed by atoms with Gasteiger partial charge in [0.25, 0.3) is 0 Å². The summed E-state index contributed by atoms with van der Waals surface area (Å²) in [7, 11) is 0. The molecule has 1 aromatic heterocycles. The summed E-state index contributed by atoms with van der Waals surface area (Å²) in [5.74, 6) is 3.85. The Bertz CT molecular complexity index is 440. The number of nitrogens with one attached hydrogen (secondary N) is 2. The number of anilines is 2. The second kappa shape index (κ2) is 5.98. The first kappa shape index (κ1) is 13.7. The maximum atomic E-state index is 4.54. The lowest BCUT2D eigenvalue weighted by Crippen LogP contribution is -2.26. The molecule has 20 heavy (non-hydrogen) atoms. The van der Waals surface area contributed by atoms with Gasteiger partial charge < -0.3 is 10.6 Å². The predicted molar refractivity (Wildman–Crippen MR) is 83.0 cm³/mol. The van der Waals surface area contributed by atoms with Crippen molar-refractivity contribution in [3.63, 3.8) is 0 Å². The summed E-state index contributed by atoms with van der Waals surface area (Å²) in [6, 6.07) is 0.648. The molecule has 2 fully saturated rings. The highest BCUT2D eigenvalue weighted by molar-refractivity contribution is 5.58. The zero-order valence-corrected chi connectivity index (χ0v) is 12.7. The molecule has 0 bridgehead atoms. The van der Waals surface area contributed by atoms with E-state index >= 15 is 0 Å². The molecule has 2 saturated carbocycles. The maximum absolute atomic E-state index is 4.54. The first-order valence-electron chi connectivity index (χ1n) is 8.17. The zero-order valence-electron chi connectivity index (χ0n) is 12.7. The van der Waals surface area contributed by atoms with Crippen LogP contribution in [0.2, 0.25) is 0 Å². The van der Waals surface area contributed by atoms with Crippen LogP contribution in [0.25, 0.3) is 0 Å². The van der Waals surface area contributed by atoms with Gasteiger partial charge in [-0.15, -0.1) is 0 Å². The quantitative estimate of drug-likeness (QED) is 0.762. The van der Waals surface area contributed by atoms with E-state index < -0.39 is 0 Å². The summed E-state index contributed by atoms with van der Waals surface area (Å²) >= 11 is 0. The number of hydrogen-bond acceptors (Lipinski definition) is 4. The fourth-order valence-electron chi connectivity index (χ4n) is 3.03. The summed E-state index contributed by atoms with van der Waals surface area (Å²) in [5, 5.41) is 7.14. The monoisotopic (exact) mass is 274 g/mol. The Hall–Kier alpha value is -1.32. The molecule has 110 valence electrons. The summed E-state index contributed by atoms with van der Waals surface area (Å²) in [5.41, 5.74) is 1.27. The number of rotatable bonds is 8. The van der Waals surface area contributed by atoms with E-state index in [0.29, 0.717) is 6.04 Å². The van der Waals surface area contributed by atoms with Crippen LogP contribution in [0.3, 0.4) is 0 Å². The maximum Gasteiger partial charge on any atom is 0.134 e.